The predicted octanol–water partition coefficient (Wildman–Crippen LogP) is 3.96. The van der Waals surface area contributed by atoms with E-state index in [1.807, 2.05) is 41.5 Å². The Kier molecular flexibility index (Phi) is 4.42. The van der Waals surface area contributed by atoms with E-state index in [2.05, 4.69) is 26.1 Å². The zero-order valence-electron chi connectivity index (χ0n) is 15.3. The molecular weight excluding hydrogens is 262 g/mol. The summed E-state index contributed by atoms with van der Waals surface area (Å²) in [6, 6.07) is 0. The molecular formula is C18H33NO2. The highest BCUT2D eigenvalue weighted by atomic mass is 16.2. The van der Waals surface area contributed by atoms with E-state index in [4.69, 9.17) is 0 Å². The number of carbonyl (C=O) groups excluding carboxylic acids is 2. The maximum Gasteiger partial charge on any atom is 0.226 e. The fourth-order valence-corrected chi connectivity index (χ4v) is 2.86. The maximum absolute atomic E-state index is 12.9. The van der Waals surface area contributed by atoms with Gasteiger partial charge in [-0.1, -0.05) is 62.3 Å². The molecule has 122 valence electrons. The highest BCUT2D eigenvalue weighted by Gasteiger charge is 2.63. The van der Waals surface area contributed by atoms with E-state index in [0.717, 1.165) is 12.8 Å². The monoisotopic (exact) mass is 295 g/mol. The van der Waals surface area contributed by atoms with Gasteiger partial charge in [-0.05, 0) is 24.2 Å². The molecule has 1 N–H and O–H groups in total. The van der Waals surface area contributed by atoms with Crippen molar-refractivity contribution in [3.8, 4) is 0 Å². The Morgan fingerprint density at radius 3 is 1.76 bits per heavy atom. The molecule has 1 rings (SSSR count). The number of carbonyl (C=O) groups is 2. The normalized spacial score (nSPS) is 26.4. The molecule has 3 nitrogen and oxygen atoms in total. The van der Waals surface area contributed by atoms with E-state index in [9.17, 15) is 9.59 Å². The molecule has 0 unspecified atom stereocenters. The van der Waals surface area contributed by atoms with Gasteiger partial charge in [0.05, 0.1) is 0 Å². The number of amides is 1. The van der Waals surface area contributed by atoms with E-state index >= 15 is 0 Å². The Morgan fingerprint density at radius 1 is 0.952 bits per heavy atom. The van der Waals surface area contributed by atoms with E-state index in [1.54, 1.807) is 0 Å². The van der Waals surface area contributed by atoms with Crippen molar-refractivity contribution >= 4 is 11.7 Å². The second-order valence-corrected chi connectivity index (χ2v) is 9.92. The summed E-state index contributed by atoms with van der Waals surface area (Å²) in [4.78, 5) is 25.3. The van der Waals surface area contributed by atoms with Gasteiger partial charge in [0.25, 0.3) is 0 Å². The number of hydrogen-bond donors (Lipinski definition) is 1. The third-order valence-electron chi connectivity index (χ3n) is 4.07. The summed E-state index contributed by atoms with van der Waals surface area (Å²) in [6.07, 6.45) is 1.74. The SMILES string of the molecule is CC(C)(C)C[C@@H]1C[C@@]1(NC(=O)C(C)(C)C)C(=O)C(C)(C)C. The van der Waals surface area contributed by atoms with E-state index in [0.29, 0.717) is 0 Å². The third-order valence-corrected chi connectivity index (χ3v) is 4.07. The minimum atomic E-state index is -0.643. The lowest BCUT2D eigenvalue weighted by molar-refractivity contribution is -0.137. The Labute approximate surface area is 130 Å². The van der Waals surface area contributed by atoms with Gasteiger partial charge in [-0.3, -0.25) is 9.59 Å². The first-order valence-electron chi connectivity index (χ1n) is 7.97. The Balaban J connectivity index is 3.00. The average molecular weight is 295 g/mol. The minimum absolute atomic E-state index is 0.0310. The van der Waals surface area contributed by atoms with Crippen molar-refractivity contribution in [2.75, 3.05) is 0 Å². The molecule has 3 heteroatoms. The largest absolute Gasteiger partial charge is 0.343 e. The Hall–Kier alpha value is -0.860. The van der Waals surface area contributed by atoms with Gasteiger partial charge in [0.1, 0.15) is 5.54 Å². The summed E-state index contributed by atoms with van der Waals surface area (Å²) in [5, 5.41) is 3.10. The van der Waals surface area contributed by atoms with E-state index < -0.39 is 16.4 Å². The predicted molar refractivity (Wildman–Crippen MR) is 87.0 cm³/mol. The summed E-state index contributed by atoms with van der Waals surface area (Å²) >= 11 is 0. The number of ketones is 1. The number of hydrogen-bond acceptors (Lipinski definition) is 2. The van der Waals surface area contributed by atoms with Crippen molar-refractivity contribution in [2.24, 2.45) is 22.2 Å². The van der Waals surface area contributed by atoms with Crippen molar-refractivity contribution in [1.29, 1.82) is 0 Å². The van der Waals surface area contributed by atoms with Gasteiger partial charge in [0.15, 0.2) is 5.78 Å². The molecule has 1 amide bonds. The van der Waals surface area contributed by atoms with Crippen LogP contribution in [0.2, 0.25) is 0 Å². The molecule has 21 heavy (non-hydrogen) atoms. The second-order valence-electron chi connectivity index (χ2n) is 9.92. The summed E-state index contributed by atoms with van der Waals surface area (Å²) < 4.78 is 0. The topological polar surface area (TPSA) is 46.2 Å². The molecule has 0 aromatic rings. The van der Waals surface area contributed by atoms with Gasteiger partial charge < -0.3 is 5.32 Å². The Morgan fingerprint density at radius 2 is 1.43 bits per heavy atom. The summed E-state index contributed by atoms with van der Waals surface area (Å²) in [5.41, 5.74) is -1.38. The van der Waals surface area contributed by atoms with Crippen LogP contribution in [0.5, 0.6) is 0 Å². The van der Waals surface area contributed by atoms with Crippen LogP contribution < -0.4 is 5.32 Å². The highest BCUT2D eigenvalue weighted by Crippen LogP contribution is 2.53. The molecule has 0 aromatic carbocycles. The van der Waals surface area contributed by atoms with Crippen LogP contribution in [0.4, 0.5) is 0 Å². The van der Waals surface area contributed by atoms with Crippen molar-refractivity contribution in [3.05, 3.63) is 0 Å². The lowest BCUT2D eigenvalue weighted by Gasteiger charge is -2.30. The van der Waals surface area contributed by atoms with Gasteiger partial charge in [-0.25, -0.2) is 0 Å². The first kappa shape index (κ1) is 18.2. The summed E-state index contributed by atoms with van der Waals surface area (Å²) in [6.45, 7) is 18.0. The molecule has 1 fully saturated rings. The van der Waals surface area contributed by atoms with Gasteiger partial charge in [-0.15, -0.1) is 0 Å². The third kappa shape index (κ3) is 4.31. The fourth-order valence-electron chi connectivity index (χ4n) is 2.86. The number of rotatable bonds is 3. The zero-order valence-corrected chi connectivity index (χ0v) is 15.3. The van der Waals surface area contributed by atoms with E-state index in [1.165, 1.54) is 0 Å². The average Bonchev–Trinajstić information content (AvgIpc) is 2.85. The van der Waals surface area contributed by atoms with Gasteiger partial charge >= 0.3 is 0 Å². The summed E-state index contributed by atoms with van der Waals surface area (Å²) in [7, 11) is 0. The molecule has 0 aliphatic heterocycles. The quantitative estimate of drug-likeness (QED) is 0.856. The van der Waals surface area contributed by atoms with Crippen molar-refractivity contribution in [3.63, 3.8) is 0 Å². The minimum Gasteiger partial charge on any atom is -0.343 e. The van der Waals surface area contributed by atoms with Crippen LogP contribution in [0, 0.1) is 22.2 Å². The van der Waals surface area contributed by atoms with Crippen LogP contribution in [0.15, 0.2) is 0 Å². The Bertz CT molecular complexity index is 432. The molecule has 2 atom stereocenters. The standard InChI is InChI=1S/C18H33NO2/c1-15(2,3)10-12-11-18(12,13(20)16(4,5)6)19-14(21)17(7,8)9/h12H,10-11H2,1-9H3,(H,19,21)/t12-,18+/m1/s1. The first-order valence-corrected chi connectivity index (χ1v) is 7.97. The van der Waals surface area contributed by atoms with Crippen LogP contribution in [-0.4, -0.2) is 17.2 Å². The molecule has 1 aliphatic carbocycles. The molecule has 0 aromatic heterocycles. The van der Waals surface area contributed by atoms with Gasteiger partial charge in [0.2, 0.25) is 5.91 Å². The molecule has 1 saturated carbocycles. The number of nitrogens with one attached hydrogen (secondary N) is 1. The lowest BCUT2D eigenvalue weighted by Crippen LogP contribution is -2.52. The van der Waals surface area contributed by atoms with Crippen molar-refractivity contribution in [2.45, 2.75) is 80.7 Å². The molecule has 1 aliphatic rings. The van der Waals surface area contributed by atoms with Crippen LogP contribution in [0.25, 0.3) is 0 Å². The first-order chi connectivity index (χ1) is 9.09. The summed E-state index contributed by atoms with van der Waals surface area (Å²) in [5.74, 6) is 0.397. The molecule has 0 radical (unpaired) electrons. The molecule has 0 spiro atoms. The van der Waals surface area contributed by atoms with E-state index in [-0.39, 0.29) is 23.0 Å². The molecule has 0 bridgehead atoms. The zero-order chi connectivity index (χ0) is 16.9. The molecule has 0 heterocycles. The van der Waals surface area contributed by atoms with Gasteiger partial charge in [0, 0.05) is 10.8 Å². The second kappa shape index (κ2) is 5.10. The smallest absolute Gasteiger partial charge is 0.226 e. The van der Waals surface area contributed by atoms with Gasteiger partial charge in [-0.2, -0.15) is 0 Å². The molecule has 0 saturated heterocycles. The van der Waals surface area contributed by atoms with Crippen LogP contribution in [0.1, 0.15) is 75.2 Å². The van der Waals surface area contributed by atoms with Crippen LogP contribution in [0.3, 0.4) is 0 Å². The van der Waals surface area contributed by atoms with Crippen molar-refractivity contribution in [1.82, 2.24) is 5.32 Å². The number of Topliss-reactive ketones (excluding diaryl/α,β-unsaturated/α-hetero) is 1. The van der Waals surface area contributed by atoms with Crippen LogP contribution in [-0.2, 0) is 9.59 Å². The van der Waals surface area contributed by atoms with Crippen LogP contribution >= 0.6 is 0 Å². The lowest BCUT2D eigenvalue weighted by atomic mass is 9.80. The van der Waals surface area contributed by atoms with Crippen molar-refractivity contribution < 1.29 is 9.59 Å². The maximum atomic E-state index is 12.9. The highest BCUT2D eigenvalue weighted by molar-refractivity contribution is 6.00. The fraction of sp³-hybridized carbons (Fsp3) is 0.889.